The molecule has 0 fully saturated rings. The number of hydrogen-bond acceptors (Lipinski definition) is 3. The van der Waals surface area contributed by atoms with Crippen molar-refractivity contribution in [2.45, 2.75) is 19.8 Å². The third-order valence-electron chi connectivity index (χ3n) is 2.91. The Labute approximate surface area is 100 Å². The zero-order valence-corrected chi connectivity index (χ0v) is 10.0. The lowest BCUT2D eigenvalue weighted by molar-refractivity contribution is -0.118. The Kier molecular flexibility index (Phi) is 3.13. The minimum absolute atomic E-state index is 0.00449. The van der Waals surface area contributed by atoms with Crippen LogP contribution in [0.15, 0.2) is 18.2 Å². The number of benzene rings is 1. The van der Waals surface area contributed by atoms with Crippen LogP contribution >= 0.6 is 0 Å². The van der Waals surface area contributed by atoms with Gasteiger partial charge >= 0.3 is 0 Å². The van der Waals surface area contributed by atoms with Gasteiger partial charge in [0.1, 0.15) is 5.75 Å². The van der Waals surface area contributed by atoms with Crippen molar-refractivity contribution in [1.29, 1.82) is 0 Å². The maximum absolute atomic E-state index is 11.7. The number of ether oxygens (including phenoxy) is 1. The van der Waals surface area contributed by atoms with Crippen molar-refractivity contribution in [3.63, 3.8) is 0 Å². The van der Waals surface area contributed by atoms with Crippen molar-refractivity contribution in [3.05, 3.63) is 23.8 Å². The molecule has 1 aromatic rings. The van der Waals surface area contributed by atoms with Crippen LogP contribution in [0.2, 0.25) is 0 Å². The van der Waals surface area contributed by atoms with Gasteiger partial charge in [-0.25, -0.2) is 0 Å². The molecule has 0 aromatic heterocycles. The highest BCUT2D eigenvalue weighted by Gasteiger charge is 2.20. The minimum atomic E-state index is 0.00449. The number of nitrogens with zero attached hydrogens (tertiary/aromatic N) is 1. The zero-order chi connectivity index (χ0) is 12.4. The second-order valence-electron chi connectivity index (χ2n) is 4.01. The van der Waals surface area contributed by atoms with Crippen molar-refractivity contribution in [1.82, 2.24) is 0 Å². The van der Waals surface area contributed by atoms with Crippen LogP contribution in [0, 0.1) is 0 Å². The quantitative estimate of drug-likeness (QED) is 0.734. The topological polar surface area (TPSA) is 46.6 Å². The standard InChI is InChI=1S/C13H15NO3/c1-3-11(15)9-4-5-12-10(8-9)14(2)13(16)6-7-17-12/h4-5,8H,3,6-7H2,1-2H3. The first-order valence-electron chi connectivity index (χ1n) is 5.70. The number of rotatable bonds is 2. The van der Waals surface area contributed by atoms with E-state index in [1.54, 1.807) is 30.1 Å². The molecule has 2 rings (SSSR count). The van der Waals surface area contributed by atoms with Gasteiger partial charge in [-0.05, 0) is 18.2 Å². The van der Waals surface area contributed by atoms with Gasteiger partial charge in [0.15, 0.2) is 5.78 Å². The van der Waals surface area contributed by atoms with Crippen molar-refractivity contribution in [2.24, 2.45) is 0 Å². The fourth-order valence-electron chi connectivity index (χ4n) is 1.83. The fraction of sp³-hybridized carbons (Fsp3) is 0.385. The first-order valence-corrected chi connectivity index (χ1v) is 5.70. The van der Waals surface area contributed by atoms with Crippen molar-refractivity contribution < 1.29 is 14.3 Å². The molecule has 0 saturated carbocycles. The highest BCUT2D eigenvalue weighted by Crippen LogP contribution is 2.31. The normalized spacial score (nSPS) is 14.9. The van der Waals surface area contributed by atoms with E-state index in [-0.39, 0.29) is 11.7 Å². The Morgan fingerprint density at radius 2 is 2.24 bits per heavy atom. The summed E-state index contributed by atoms with van der Waals surface area (Å²) < 4.78 is 5.48. The van der Waals surface area contributed by atoms with E-state index in [4.69, 9.17) is 4.74 Å². The second kappa shape index (κ2) is 4.57. The molecule has 17 heavy (non-hydrogen) atoms. The lowest BCUT2D eigenvalue weighted by Crippen LogP contribution is -2.25. The SMILES string of the molecule is CCC(=O)c1ccc2c(c1)N(C)C(=O)CCO2. The molecular weight excluding hydrogens is 218 g/mol. The molecule has 1 aliphatic rings. The van der Waals surface area contributed by atoms with Gasteiger partial charge in [-0.15, -0.1) is 0 Å². The average molecular weight is 233 g/mol. The summed E-state index contributed by atoms with van der Waals surface area (Å²) in [7, 11) is 1.70. The average Bonchev–Trinajstić information content (AvgIpc) is 2.49. The molecule has 90 valence electrons. The van der Waals surface area contributed by atoms with Crippen LogP contribution in [0.25, 0.3) is 0 Å². The summed E-state index contributed by atoms with van der Waals surface area (Å²) in [4.78, 5) is 24.9. The first-order chi connectivity index (χ1) is 8.13. The maximum atomic E-state index is 11.7. The Morgan fingerprint density at radius 1 is 1.47 bits per heavy atom. The number of amides is 1. The Bertz CT molecular complexity index is 468. The van der Waals surface area contributed by atoms with E-state index < -0.39 is 0 Å². The molecule has 0 bridgehead atoms. The summed E-state index contributed by atoms with van der Waals surface area (Å²) in [6.45, 7) is 2.20. The van der Waals surface area contributed by atoms with Crippen molar-refractivity contribution >= 4 is 17.4 Å². The van der Waals surface area contributed by atoms with Crippen molar-refractivity contribution in [3.8, 4) is 5.75 Å². The molecule has 0 radical (unpaired) electrons. The van der Waals surface area contributed by atoms with Gasteiger partial charge in [-0.1, -0.05) is 6.92 Å². The lowest BCUT2D eigenvalue weighted by atomic mass is 10.1. The molecule has 0 saturated heterocycles. The van der Waals surface area contributed by atoms with E-state index in [0.29, 0.717) is 36.4 Å². The molecule has 1 amide bonds. The van der Waals surface area contributed by atoms with Gasteiger partial charge in [0.2, 0.25) is 5.91 Å². The molecule has 1 heterocycles. The van der Waals surface area contributed by atoms with Crippen LogP contribution in [0.3, 0.4) is 0 Å². The van der Waals surface area contributed by atoms with Gasteiger partial charge in [-0.3, -0.25) is 9.59 Å². The first kappa shape index (κ1) is 11.6. The van der Waals surface area contributed by atoms with E-state index in [9.17, 15) is 9.59 Å². The van der Waals surface area contributed by atoms with E-state index in [2.05, 4.69) is 0 Å². The summed E-state index contributed by atoms with van der Waals surface area (Å²) in [6.07, 6.45) is 0.819. The van der Waals surface area contributed by atoms with Crippen LogP contribution in [-0.2, 0) is 4.79 Å². The van der Waals surface area contributed by atoms with E-state index in [1.165, 1.54) is 0 Å². The summed E-state index contributed by atoms with van der Waals surface area (Å²) in [5.74, 6) is 0.730. The summed E-state index contributed by atoms with van der Waals surface area (Å²) in [5, 5.41) is 0. The van der Waals surface area contributed by atoms with Crippen LogP contribution in [0.4, 0.5) is 5.69 Å². The lowest BCUT2D eigenvalue weighted by Gasteiger charge is -2.16. The number of carbonyl (C=O) groups is 2. The molecule has 4 nitrogen and oxygen atoms in total. The zero-order valence-electron chi connectivity index (χ0n) is 10.0. The number of Topliss-reactive ketones (excluding diaryl/α,β-unsaturated/α-hetero) is 1. The van der Waals surface area contributed by atoms with Gasteiger partial charge < -0.3 is 9.64 Å². The Hall–Kier alpha value is -1.84. The van der Waals surface area contributed by atoms with Crippen molar-refractivity contribution in [2.75, 3.05) is 18.6 Å². The molecule has 1 aromatic carbocycles. The molecule has 0 aliphatic carbocycles. The predicted molar refractivity (Wildman–Crippen MR) is 64.6 cm³/mol. The van der Waals surface area contributed by atoms with Crippen LogP contribution in [-0.4, -0.2) is 25.3 Å². The summed E-state index contributed by atoms with van der Waals surface area (Å²) >= 11 is 0. The Morgan fingerprint density at radius 3 is 2.94 bits per heavy atom. The van der Waals surface area contributed by atoms with Gasteiger partial charge in [-0.2, -0.15) is 0 Å². The largest absolute Gasteiger partial charge is 0.491 e. The molecule has 0 unspecified atom stereocenters. The molecule has 0 spiro atoms. The number of fused-ring (bicyclic) bond motifs is 1. The minimum Gasteiger partial charge on any atom is -0.491 e. The van der Waals surface area contributed by atoms with Gasteiger partial charge in [0.05, 0.1) is 18.7 Å². The highest BCUT2D eigenvalue weighted by molar-refractivity contribution is 6.00. The number of hydrogen-bond donors (Lipinski definition) is 0. The highest BCUT2D eigenvalue weighted by atomic mass is 16.5. The molecule has 0 N–H and O–H groups in total. The maximum Gasteiger partial charge on any atom is 0.230 e. The second-order valence-corrected chi connectivity index (χ2v) is 4.01. The van der Waals surface area contributed by atoms with Crippen LogP contribution in [0.1, 0.15) is 30.1 Å². The Balaban J connectivity index is 2.45. The monoisotopic (exact) mass is 233 g/mol. The number of carbonyl (C=O) groups excluding carboxylic acids is 2. The molecule has 0 atom stereocenters. The van der Waals surface area contributed by atoms with Crippen LogP contribution in [0.5, 0.6) is 5.75 Å². The predicted octanol–water partition coefficient (Wildman–Crippen LogP) is 2.02. The fourth-order valence-corrected chi connectivity index (χ4v) is 1.83. The third-order valence-corrected chi connectivity index (χ3v) is 2.91. The van der Waals surface area contributed by atoms with Gasteiger partial charge in [0, 0.05) is 19.0 Å². The third kappa shape index (κ3) is 2.16. The van der Waals surface area contributed by atoms with Crippen LogP contribution < -0.4 is 9.64 Å². The molecule has 4 heteroatoms. The summed E-state index contributed by atoms with van der Waals surface area (Å²) in [6, 6.07) is 5.23. The van der Waals surface area contributed by atoms with Gasteiger partial charge in [0.25, 0.3) is 0 Å². The summed E-state index contributed by atoms with van der Waals surface area (Å²) in [5.41, 5.74) is 1.29. The number of ketones is 1. The number of anilines is 1. The molecular formula is C13H15NO3. The van der Waals surface area contributed by atoms with E-state index in [0.717, 1.165) is 0 Å². The van der Waals surface area contributed by atoms with E-state index in [1.807, 2.05) is 6.92 Å². The molecule has 1 aliphatic heterocycles. The van der Waals surface area contributed by atoms with E-state index >= 15 is 0 Å². The smallest absolute Gasteiger partial charge is 0.230 e.